The number of thiophene rings is 1. The summed E-state index contributed by atoms with van der Waals surface area (Å²) in [6, 6.07) is 7.41. The number of amides is 3. The van der Waals surface area contributed by atoms with Crippen LogP contribution in [0.4, 0.5) is 0 Å². The van der Waals surface area contributed by atoms with Crippen molar-refractivity contribution >= 4 is 29.1 Å². The third kappa shape index (κ3) is 7.95. The van der Waals surface area contributed by atoms with Crippen LogP contribution in [0.5, 0.6) is 0 Å². The van der Waals surface area contributed by atoms with Gasteiger partial charge >= 0.3 is 0 Å². The third-order valence-electron chi connectivity index (χ3n) is 14.5. The summed E-state index contributed by atoms with van der Waals surface area (Å²) in [4.78, 5) is 50.7. The van der Waals surface area contributed by atoms with E-state index in [2.05, 4.69) is 24.9 Å². The summed E-state index contributed by atoms with van der Waals surface area (Å²) in [5.74, 6) is 2.42. The van der Waals surface area contributed by atoms with Gasteiger partial charge in [0.15, 0.2) is 0 Å². The van der Waals surface area contributed by atoms with Crippen LogP contribution in [0, 0.1) is 11.8 Å². The van der Waals surface area contributed by atoms with Crippen molar-refractivity contribution in [3.63, 3.8) is 0 Å². The van der Waals surface area contributed by atoms with Crippen LogP contribution in [0.3, 0.4) is 0 Å². The third-order valence-corrected chi connectivity index (χ3v) is 15.4. The second kappa shape index (κ2) is 16.6. The predicted octanol–water partition coefficient (Wildman–Crippen LogP) is 5.60. The predicted molar refractivity (Wildman–Crippen MR) is 203 cm³/mol. The molecule has 0 radical (unpaired) electrons. The summed E-state index contributed by atoms with van der Waals surface area (Å²) < 4.78 is 0. The highest BCUT2D eigenvalue weighted by molar-refractivity contribution is 7.12. The van der Waals surface area contributed by atoms with Gasteiger partial charge in [0.2, 0.25) is 11.8 Å². The first-order valence-electron chi connectivity index (χ1n) is 21.2. The van der Waals surface area contributed by atoms with Crippen LogP contribution in [-0.2, 0) is 9.59 Å². The molecule has 6 aliphatic heterocycles. The van der Waals surface area contributed by atoms with Crippen molar-refractivity contribution in [3.05, 3.63) is 22.4 Å². The molecule has 0 spiro atoms. The molecular formula is C41H64N6O3S. The Morgan fingerprint density at radius 3 is 1.55 bits per heavy atom. The molecule has 2 aliphatic carbocycles. The summed E-state index contributed by atoms with van der Waals surface area (Å²) >= 11 is 1.54. The number of nitrogens with one attached hydrogen (secondary N) is 1. The lowest BCUT2D eigenvalue weighted by atomic mass is 9.84. The summed E-state index contributed by atoms with van der Waals surface area (Å²) in [5, 5.41) is 5.44. The van der Waals surface area contributed by atoms with Crippen molar-refractivity contribution < 1.29 is 14.4 Å². The molecule has 0 aromatic carbocycles. The largest absolute Gasteiger partial charge is 0.338 e. The minimum absolute atomic E-state index is 0.201. The first-order valence-corrected chi connectivity index (χ1v) is 22.1. The molecule has 8 fully saturated rings. The van der Waals surface area contributed by atoms with Crippen LogP contribution in [-0.4, -0.2) is 131 Å². The van der Waals surface area contributed by atoms with Crippen molar-refractivity contribution in [3.8, 4) is 0 Å². The summed E-state index contributed by atoms with van der Waals surface area (Å²) in [5.41, 5.74) is 0. The number of fused-ring (bicyclic) bond motifs is 2. The molecule has 1 N–H and O–H groups in total. The van der Waals surface area contributed by atoms with E-state index in [1.54, 1.807) is 0 Å². The fourth-order valence-electron chi connectivity index (χ4n) is 11.8. The van der Waals surface area contributed by atoms with Gasteiger partial charge in [-0.1, -0.05) is 31.7 Å². The Morgan fingerprint density at radius 1 is 0.588 bits per heavy atom. The van der Waals surface area contributed by atoms with Gasteiger partial charge in [0.25, 0.3) is 5.91 Å². The van der Waals surface area contributed by atoms with Crippen LogP contribution in [0.1, 0.15) is 125 Å². The first-order chi connectivity index (χ1) is 25.0. The molecule has 0 bridgehead atoms. The van der Waals surface area contributed by atoms with Crippen LogP contribution in [0.2, 0.25) is 0 Å². The van der Waals surface area contributed by atoms with Gasteiger partial charge in [-0.05, 0) is 113 Å². The van der Waals surface area contributed by atoms with Gasteiger partial charge in [0, 0.05) is 88.4 Å². The fourth-order valence-corrected chi connectivity index (χ4v) is 12.5. The van der Waals surface area contributed by atoms with E-state index in [9.17, 15) is 14.4 Å². The monoisotopic (exact) mass is 720 g/mol. The van der Waals surface area contributed by atoms with E-state index in [-0.39, 0.29) is 5.91 Å². The number of likely N-dealkylation sites (tertiary alicyclic amines) is 5. The smallest absolute Gasteiger partial charge is 0.263 e. The molecule has 1 aromatic heterocycles. The molecule has 4 atom stereocenters. The SMILES string of the molecule is O=C(c1cccs1)N1CCC(N2CCC(N3C(=O)C[C@@H]4CCCC[C@H]43)CC2)CC1.O=C1C[C@@H]2CCCC[C@H]2N1C1CCN(C2CCNCC2)CC1. The highest BCUT2D eigenvalue weighted by Gasteiger charge is 2.46. The lowest BCUT2D eigenvalue weighted by Crippen LogP contribution is -2.53. The Bertz CT molecular complexity index is 1310. The average molecular weight is 721 g/mol. The molecule has 7 heterocycles. The van der Waals surface area contributed by atoms with Gasteiger partial charge in [0.05, 0.1) is 4.88 Å². The zero-order valence-corrected chi connectivity index (χ0v) is 31.9. The highest BCUT2D eigenvalue weighted by Crippen LogP contribution is 2.41. The summed E-state index contributed by atoms with van der Waals surface area (Å²) in [7, 11) is 0. The molecule has 1 aromatic rings. The average Bonchev–Trinajstić information content (AvgIpc) is 3.92. The summed E-state index contributed by atoms with van der Waals surface area (Å²) in [6.07, 6.45) is 21.4. The van der Waals surface area contributed by atoms with E-state index < -0.39 is 0 Å². The minimum Gasteiger partial charge on any atom is -0.338 e. The Morgan fingerprint density at radius 2 is 1.06 bits per heavy atom. The van der Waals surface area contributed by atoms with E-state index in [1.807, 2.05) is 22.4 Å². The number of carbonyl (C=O) groups excluding carboxylic acids is 3. The Kier molecular flexibility index (Phi) is 11.7. The first kappa shape index (κ1) is 36.0. The number of rotatable bonds is 5. The number of piperidine rings is 4. The molecule has 9 rings (SSSR count). The molecule has 10 heteroatoms. The fraction of sp³-hybridized carbons (Fsp3) is 0.829. The number of hydrogen-bond donors (Lipinski definition) is 1. The molecule has 282 valence electrons. The van der Waals surface area contributed by atoms with Crippen LogP contribution >= 0.6 is 11.3 Å². The molecule has 0 unspecified atom stereocenters. The molecular weight excluding hydrogens is 657 g/mol. The topological polar surface area (TPSA) is 79.4 Å². The van der Waals surface area contributed by atoms with Crippen molar-refractivity contribution in [2.45, 2.75) is 152 Å². The zero-order chi connectivity index (χ0) is 34.7. The molecule has 6 saturated heterocycles. The number of nitrogens with zero attached hydrogens (tertiary/aromatic N) is 5. The van der Waals surface area contributed by atoms with Crippen LogP contribution in [0.15, 0.2) is 17.5 Å². The van der Waals surface area contributed by atoms with Crippen molar-refractivity contribution in [1.82, 2.24) is 29.8 Å². The molecule has 8 aliphatic rings. The van der Waals surface area contributed by atoms with Crippen LogP contribution < -0.4 is 5.32 Å². The summed E-state index contributed by atoms with van der Waals surface area (Å²) in [6.45, 7) is 8.72. The van der Waals surface area contributed by atoms with Gasteiger partial charge < -0.3 is 29.8 Å². The maximum absolute atomic E-state index is 12.7. The quantitative estimate of drug-likeness (QED) is 0.427. The maximum Gasteiger partial charge on any atom is 0.263 e. The van der Waals surface area contributed by atoms with E-state index in [0.717, 1.165) is 75.6 Å². The van der Waals surface area contributed by atoms with E-state index in [1.165, 1.54) is 115 Å². The van der Waals surface area contributed by atoms with Gasteiger partial charge in [-0.3, -0.25) is 14.4 Å². The molecule has 9 nitrogen and oxygen atoms in total. The van der Waals surface area contributed by atoms with Gasteiger partial charge in [0.1, 0.15) is 0 Å². The maximum atomic E-state index is 12.7. The number of carbonyl (C=O) groups is 3. The Balaban J connectivity index is 0.000000152. The van der Waals surface area contributed by atoms with Gasteiger partial charge in [-0.25, -0.2) is 0 Å². The second-order valence-corrected chi connectivity index (χ2v) is 18.2. The second-order valence-electron chi connectivity index (χ2n) is 17.3. The lowest BCUT2D eigenvalue weighted by Gasteiger charge is -2.45. The van der Waals surface area contributed by atoms with E-state index >= 15 is 0 Å². The van der Waals surface area contributed by atoms with Crippen molar-refractivity contribution in [1.29, 1.82) is 0 Å². The van der Waals surface area contributed by atoms with Crippen molar-refractivity contribution in [2.24, 2.45) is 11.8 Å². The van der Waals surface area contributed by atoms with Gasteiger partial charge in [-0.2, -0.15) is 0 Å². The lowest BCUT2D eigenvalue weighted by molar-refractivity contribution is -0.133. The Hall–Kier alpha value is -2.01. The van der Waals surface area contributed by atoms with E-state index in [0.29, 0.717) is 53.9 Å². The highest BCUT2D eigenvalue weighted by atomic mass is 32.1. The van der Waals surface area contributed by atoms with Crippen molar-refractivity contribution in [2.75, 3.05) is 52.4 Å². The Labute approximate surface area is 310 Å². The zero-order valence-electron chi connectivity index (χ0n) is 31.1. The van der Waals surface area contributed by atoms with E-state index in [4.69, 9.17) is 0 Å². The molecule has 2 saturated carbocycles. The standard InChI is InChI=1S/C23H33N3O2S.C18H31N3O/c27-22-16-17-4-1-2-5-20(17)26(22)19-9-11-24(12-10-19)18-7-13-25(14-8-18)23(28)21-6-3-15-29-21;22-18-13-14-3-1-2-4-17(14)21(18)16-7-11-20(12-8-16)15-5-9-19-10-6-15/h3,6,15,17-20H,1-2,4-5,7-14,16H2;14-17,19H,1-13H2/t17-,20+;14-,17+/m00/s1. The minimum atomic E-state index is 0.201. The normalized spacial score (nSPS) is 32.5. The molecule has 51 heavy (non-hydrogen) atoms. The number of hydrogen-bond acceptors (Lipinski definition) is 7. The molecule has 3 amide bonds. The van der Waals surface area contributed by atoms with Crippen LogP contribution in [0.25, 0.3) is 0 Å². The van der Waals surface area contributed by atoms with Gasteiger partial charge in [-0.15, -0.1) is 11.3 Å².